The van der Waals surface area contributed by atoms with E-state index in [1.165, 1.54) is 19.3 Å². The summed E-state index contributed by atoms with van der Waals surface area (Å²) in [5.41, 5.74) is 0. The van der Waals surface area contributed by atoms with Gasteiger partial charge in [0.05, 0.1) is 0 Å². The third kappa shape index (κ3) is 6.62. The molecule has 0 spiro atoms. The zero-order valence-corrected chi connectivity index (χ0v) is 8.13. The molecule has 0 fully saturated rings. The topological polar surface area (TPSA) is 40.5 Å². The molecule has 0 bridgehead atoms. The van der Waals surface area contributed by atoms with E-state index < -0.39 is 0 Å². The number of hydrogen-bond donors (Lipinski definition) is 2. The first-order valence-electron chi connectivity index (χ1n) is 5.06. The van der Waals surface area contributed by atoms with Crippen LogP contribution in [0.5, 0.6) is 0 Å². The van der Waals surface area contributed by atoms with E-state index in [9.17, 15) is 0 Å². The van der Waals surface area contributed by atoms with Gasteiger partial charge in [-0.2, -0.15) is 0 Å². The Bertz CT molecular complexity index is 83.9. The van der Waals surface area contributed by atoms with Crippen LogP contribution >= 0.6 is 0 Å². The van der Waals surface area contributed by atoms with Crippen LogP contribution in [0.25, 0.3) is 0 Å². The fraction of sp³-hybridized carbons (Fsp3) is 1.00. The maximum Gasteiger partial charge on any atom is 0.0433 e. The van der Waals surface area contributed by atoms with E-state index in [1.807, 2.05) is 0 Å². The van der Waals surface area contributed by atoms with Gasteiger partial charge in [0.25, 0.3) is 0 Å². The number of aliphatic hydroxyl groups is 2. The molecule has 0 saturated carbocycles. The van der Waals surface area contributed by atoms with Gasteiger partial charge in [-0.25, -0.2) is 0 Å². The number of rotatable bonds is 8. The molecular formula is C10H22O2. The van der Waals surface area contributed by atoms with Gasteiger partial charge >= 0.3 is 0 Å². The molecule has 2 heteroatoms. The summed E-state index contributed by atoms with van der Waals surface area (Å²) in [5.74, 6) is 0.689. The largest absolute Gasteiger partial charge is 0.396 e. The van der Waals surface area contributed by atoms with Crippen molar-refractivity contribution in [2.75, 3.05) is 13.2 Å². The third-order valence-corrected chi connectivity index (χ3v) is 2.39. The number of aliphatic hydroxyl groups excluding tert-OH is 2. The molecule has 0 aromatic heterocycles. The number of hydrogen-bond acceptors (Lipinski definition) is 2. The quantitative estimate of drug-likeness (QED) is 0.552. The van der Waals surface area contributed by atoms with Crippen molar-refractivity contribution in [3.05, 3.63) is 0 Å². The lowest BCUT2D eigenvalue weighted by atomic mass is 9.96. The van der Waals surface area contributed by atoms with Gasteiger partial charge in [0.1, 0.15) is 0 Å². The Kier molecular flexibility index (Phi) is 8.95. The molecule has 2 nitrogen and oxygen atoms in total. The van der Waals surface area contributed by atoms with Gasteiger partial charge in [-0.15, -0.1) is 0 Å². The minimum Gasteiger partial charge on any atom is -0.396 e. The van der Waals surface area contributed by atoms with E-state index in [2.05, 4.69) is 6.92 Å². The first-order chi connectivity index (χ1) is 5.85. The highest BCUT2D eigenvalue weighted by Gasteiger charge is 2.04. The molecule has 0 saturated heterocycles. The normalized spacial score (nSPS) is 13.2. The highest BCUT2D eigenvalue weighted by atomic mass is 16.3. The van der Waals surface area contributed by atoms with Crippen LogP contribution in [0.3, 0.4) is 0 Å². The van der Waals surface area contributed by atoms with E-state index in [-0.39, 0.29) is 0 Å². The summed E-state index contributed by atoms with van der Waals surface area (Å²) in [4.78, 5) is 0. The molecule has 12 heavy (non-hydrogen) atoms. The van der Waals surface area contributed by atoms with Crippen LogP contribution in [-0.4, -0.2) is 23.4 Å². The first kappa shape index (κ1) is 11.9. The summed E-state index contributed by atoms with van der Waals surface area (Å²) in [6, 6.07) is 0. The van der Waals surface area contributed by atoms with Crippen molar-refractivity contribution in [1.29, 1.82) is 0 Å². The van der Waals surface area contributed by atoms with Crippen LogP contribution in [0.1, 0.15) is 45.4 Å². The zero-order valence-electron chi connectivity index (χ0n) is 8.13. The van der Waals surface area contributed by atoms with Crippen LogP contribution in [0.4, 0.5) is 0 Å². The highest BCUT2D eigenvalue weighted by Crippen LogP contribution is 2.16. The van der Waals surface area contributed by atoms with Crippen molar-refractivity contribution in [2.24, 2.45) is 5.92 Å². The summed E-state index contributed by atoms with van der Waals surface area (Å²) >= 11 is 0. The molecule has 0 aliphatic heterocycles. The Morgan fingerprint density at radius 2 is 1.67 bits per heavy atom. The lowest BCUT2D eigenvalue weighted by Gasteiger charge is -2.12. The molecule has 0 rings (SSSR count). The lowest BCUT2D eigenvalue weighted by Crippen LogP contribution is -2.01. The minimum atomic E-state index is 0.316. The lowest BCUT2D eigenvalue weighted by molar-refractivity contribution is 0.243. The standard InChI is InChI=1S/C10H22O2/c1-2-10(7-9-12)6-4-3-5-8-11/h10-12H,2-9H2,1H3/t10-/m0/s1. The van der Waals surface area contributed by atoms with Crippen molar-refractivity contribution < 1.29 is 10.2 Å². The van der Waals surface area contributed by atoms with E-state index in [1.54, 1.807) is 0 Å². The fourth-order valence-electron chi connectivity index (χ4n) is 1.46. The summed E-state index contributed by atoms with van der Waals surface area (Å²) in [6.07, 6.45) is 6.55. The summed E-state index contributed by atoms with van der Waals surface area (Å²) < 4.78 is 0. The summed E-state index contributed by atoms with van der Waals surface area (Å²) in [5, 5.41) is 17.3. The molecule has 0 radical (unpaired) electrons. The van der Waals surface area contributed by atoms with E-state index in [0.29, 0.717) is 19.1 Å². The summed E-state index contributed by atoms with van der Waals surface area (Å²) in [6.45, 7) is 2.81. The first-order valence-corrected chi connectivity index (χ1v) is 5.06. The van der Waals surface area contributed by atoms with Crippen molar-refractivity contribution in [3.63, 3.8) is 0 Å². The van der Waals surface area contributed by atoms with E-state index in [4.69, 9.17) is 10.2 Å². The van der Waals surface area contributed by atoms with Crippen molar-refractivity contribution in [1.82, 2.24) is 0 Å². The van der Waals surface area contributed by atoms with Crippen LogP contribution in [0.15, 0.2) is 0 Å². The monoisotopic (exact) mass is 174 g/mol. The van der Waals surface area contributed by atoms with Crippen LogP contribution in [0.2, 0.25) is 0 Å². The summed E-state index contributed by atoms with van der Waals surface area (Å²) in [7, 11) is 0. The molecule has 0 aromatic rings. The predicted molar refractivity (Wildman–Crippen MR) is 51.0 cm³/mol. The molecular weight excluding hydrogens is 152 g/mol. The van der Waals surface area contributed by atoms with Crippen LogP contribution in [-0.2, 0) is 0 Å². The van der Waals surface area contributed by atoms with Gasteiger partial charge in [-0.05, 0) is 18.8 Å². The van der Waals surface area contributed by atoms with E-state index in [0.717, 1.165) is 19.3 Å². The minimum absolute atomic E-state index is 0.316. The Morgan fingerprint density at radius 3 is 2.17 bits per heavy atom. The molecule has 2 N–H and O–H groups in total. The third-order valence-electron chi connectivity index (χ3n) is 2.39. The van der Waals surface area contributed by atoms with Crippen LogP contribution in [0, 0.1) is 5.92 Å². The molecule has 0 amide bonds. The molecule has 0 aliphatic rings. The highest BCUT2D eigenvalue weighted by molar-refractivity contribution is 4.56. The van der Waals surface area contributed by atoms with Gasteiger partial charge in [0.2, 0.25) is 0 Å². The SMILES string of the molecule is CC[C@H](CCO)CCCCCO. The molecule has 1 atom stereocenters. The second-order valence-electron chi connectivity index (χ2n) is 3.36. The maximum absolute atomic E-state index is 8.73. The maximum atomic E-state index is 8.73. The molecule has 0 aromatic carbocycles. The Labute approximate surface area is 75.6 Å². The second-order valence-corrected chi connectivity index (χ2v) is 3.36. The van der Waals surface area contributed by atoms with E-state index >= 15 is 0 Å². The molecule has 74 valence electrons. The Balaban J connectivity index is 3.19. The van der Waals surface area contributed by atoms with Crippen LogP contribution < -0.4 is 0 Å². The van der Waals surface area contributed by atoms with Gasteiger partial charge in [-0.1, -0.05) is 32.6 Å². The smallest absolute Gasteiger partial charge is 0.0433 e. The Hall–Kier alpha value is -0.0800. The average molecular weight is 174 g/mol. The van der Waals surface area contributed by atoms with Crippen molar-refractivity contribution in [3.8, 4) is 0 Å². The van der Waals surface area contributed by atoms with Gasteiger partial charge in [0.15, 0.2) is 0 Å². The van der Waals surface area contributed by atoms with Gasteiger partial charge in [-0.3, -0.25) is 0 Å². The van der Waals surface area contributed by atoms with Gasteiger partial charge in [0, 0.05) is 13.2 Å². The second kappa shape index (κ2) is 9.01. The molecule has 0 heterocycles. The fourth-order valence-corrected chi connectivity index (χ4v) is 1.46. The Morgan fingerprint density at radius 1 is 0.917 bits per heavy atom. The van der Waals surface area contributed by atoms with Crippen molar-refractivity contribution in [2.45, 2.75) is 45.4 Å². The molecule has 0 aliphatic carbocycles. The van der Waals surface area contributed by atoms with Gasteiger partial charge < -0.3 is 10.2 Å². The zero-order chi connectivity index (χ0) is 9.23. The average Bonchev–Trinajstić information content (AvgIpc) is 2.10. The predicted octanol–water partition coefficient (Wildman–Crippen LogP) is 1.95. The van der Waals surface area contributed by atoms with Crippen molar-refractivity contribution >= 4 is 0 Å². The number of unbranched alkanes of at least 4 members (excludes halogenated alkanes) is 2. The molecule has 0 unspecified atom stereocenters.